The van der Waals surface area contributed by atoms with Crippen molar-refractivity contribution < 1.29 is 24.5 Å². The average Bonchev–Trinajstić information content (AvgIpc) is 3.23. The van der Waals surface area contributed by atoms with Crippen molar-refractivity contribution in [1.82, 2.24) is 30.2 Å². The van der Waals surface area contributed by atoms with Crippen molar-refractivity contribution >= 4 is 40.6 Å². The summed E-state index contributed by atoms with van der Waals surface area (Å²) in [6.45, 7) is 0.699. The summed E-state index contributed by atoms with van der Waals surface area (Å²) in [6, 6.07) is 0.440. The molecule has 3 aliphatic heterocycles. The van der Waals surface area contributed by atoms with Gasteiger partial charge in [-0.1, -0.05) is 25.7 Å². The van der Waals surface area contributed by atoms with E-state index in [-0.39, 0.29) is 24.2 Å². The molecule has 0 radical (unpaired) electrons. The van der Waals surface area contributed by atoms with Gasteiger partial charge in [-0.2, -0.15) is 11.8 Å². The molecule has 7 atom stereocenters. The third-order valence-corrected chi connectivity index (χ3v) is 10.3. The Hall–Kier alpha value is -2.48. The number of Topliss-reactive ketones (excluding diaryl/α,β-unsaturated/α-hetero) is 1. The lowest BCUT2D eigenvalue weighted by Gasteiger charge is -2.16. The van der Waals surface area contributed by atoms with Crippen molar-refractivity contribution in [3.8, 4) is 0 Å². The Balaban J connectivity index is 0.880. The van der Waals surface area contributed by atoms with E-state index in [0.29, 0.717) is 53.3 Å². The van der Waals surface area contributed by atoms with Crippen molar-refractivity contribution in [3.05, 3.63) is 12.7 Å². The smallest absolute Gasteiger partial charge is 0.315 e. The van der Waals surface area contributed by atoms with E-state index in [1.54, 1.807) is 10.9 Å². The number of rotatable bonds is 15. The second-order valence-corrected chi connectivity index (χ2v) is 13.2. The Morgan fingerprint density at radius 3 is 2.73 bits per heavy atom. The molecule has 4 aliphatic rings. The van der Waals surface area contributed by atoms with Gasteiger partial charge < -0.3 is 30.9 Å². The molecule has 13 heteroatoms. The second-order valence-electron chi connectivity index (χ2n) is 11.9. The lowest BCUT2D eigenvalue weighted by Crippen LogP contribution is -2.36. The van der Waals surface area contributed by atoms with Crippen LogP contribution >= 0.6 is 11.8 Å². The van der Waals surface area contributed by atoms with Gasteiger partial charge in [0, 0.05) is 30.4 Å². The molecule has 3 saturated heterocycles. The number of anilines is 1. The van der Waals surface area contributed by atoms with E-state index >= 15 is 0 Å². The summed E-state index contributed by atoms with van der Waals surface area (Å²) in [7, 11) is 0. The van der Waals surface area contributed by atoms with Gasteiger partial charge in [-0.15, -0.1) is 0 Å². The van der Waals surface area contributed by atoms with Gasteiger partial charge >= 0.3 is 6.03 Å². The maximum absolute atomic E-state index is 12.3. The van der Waals surface area contributed by atoms with Crippen LogP contribution in [0, 0.1) is 5.92 Å². The number of ketones is 1. The van der Waals surface area contributed by atoms with Crippen LogP contribution in [-0.2, 0) is 9.53 Å². The van der Waals surface area contributed by atoms with Crippen molar-refractivity contribution in [3.63, 3.8) is 0 Å². The highest BCUT2D eigenvalue weighted by atomic mass is 32.2. The van der Waals surface area contributed by atoms with Crippen LogP contribution in [0.15, 0.2) is 12.7 Å². The minimum Gasteiger partial charge on any atom is -0.388 e. The zero-order chi connectivity index (χ0) is 28.3. The summed E-state index contributed by atoms with van der Waals surface area (Å²) in [4.78, 5) is 37.0. The van der Waals surface area contributed by atoms with E-state index in [1.807, 2.05) is 11.8 Å². The number of fused-ring (bicyclic) bond motifs is 2. The highest BCUT2D eigenvalue weighted by molar-refractivity contribution is 8.00. The van der Waals surface area contributed by atoms with Gasteiger partial charge in [-0.25, -0.2) is 19.7 Å². The van der Waals surface area contributed by atoms with E-state index in [2.05, 4.69) is 30.9 Å². The number of carbonyl (C=O) groups is 2. The van der Waals surface area contributed by atoms with Crippen LogP contribution in [0.4, 0.5) is 10.6 Å². The molecule has 2 aromatic heterocycles. The molecule has 5 heterocycles. The summed E-state index contributed by atoms with van der Waals surface area (Å²) in [5.74, 6) is 2.49. The van der Waals surface area contributed by atoms with E-state index in [0.717, 1.165) is 63.5 Å². The summed E-state index contributed by atoms with van der Waals surface area (Å²) >= 11 is 1.92. The van der Waals surface area contributed by atoms with Gasteiger partial charge in [0.1, 0.15) is 24.3 Å². The lowest BCUT2D eigenvalue weighted by atomic mass is 10.0. The van der Waals surface area contributed by atoms with E-state index in [4.69, 9.17) is 4.74 Å². The molecule has 0 aromatic carbocycles. The number of ether oxygens (including phenoxy) is 1. The molecule has 4 unspecified atom stereocenters. The maximum Gasteiger partial charge on any atom is 0.315 e. The number of aliphatic hydroxyl groups excluding tert-OH is 2. The number of urea groups is 1. The average molecular weight is 588 g/mol. The number of thioether (sulfide) groups is 1. The third kappa shape index (κ3) is 6.63. The van der Waals surface area contributed by atoms with Gasteiger partial charge in [-0.05, 0) is 38.0 Å². The van der Waals surface area contributed by atoms with Crippen LogP contribution < -0.4 is 16.0 Å². The minimum absolute atomic E-state index is 0.0506. The van der Waals surface area contributed by atoms with E-state index in [9.17, 15) is 19.8 Å². The normalized spacial score (nSPS) is 30.9. The number of carbonyl (C=O) groups excluding carboxylic acids is 2. The van der Waals surface area contributed by atoms with Gasteiger partial charge in [0.2, 0.25) is 0 Å². The van der Waals surface area contributed by atoms with Crippen LogP contribution in [0.1, 0.15) is 76.9 Å². The number of amides is 2. The number of aliphatic hydroxyl groups is 2. The Morgan fingerprint density at radius 1 is 1.07 bits per heavy atom. The van der Waals surface area contributed by atoms with Crippen molar-refractivity contribution in [1.29, 1.82) is 0 Å². The summed E-state index contributed by atoms with van der Waals surface area (Å²) < 4.78 is 7.73. The fraction of sp³-hybridized carbons (Fsp3) is 0.750. The van der Waals surface area contributed by atoms with Gasteiger partial charge in [0.25, 0.3) is 0 Å². The van der Waals surface area contributed by atoms with Crippen LogP contribution in [0.25, 0.3) is 11.2 Å². The van der Waals surface area contributed by atoms with Crippen molar-refractivity contribution in [2.24, 2.45) is 5.92 Å². The molecule has 1 saturated carbocycles. The first kappa shape index (κ1) is 28.6. The number of nitrogens with zero attached hydrogens (tertiary/aromatic N) is 4. The highest BCUT2D eigenvalue weighted by Crippen LogP contribution is 2.40. The molecule has 1 aliphatic carbocycles. The quantitative estimate of drug-likeness (QED) is 0.155. The minimum atomic E-state index is -1.04. The molecule has 0 bridgehead atoms. The third-order valence-electron chi connectivity index (χ3n) is 8.79. The molecule has 224 valence electrons. The SMILES string of the molecule is O=C(CCCCCNc1ncnc2c1ncn2[C@@H]1O[C@H](CC2CC2)C(O)[C@@H]1O)CCCCC1SCC2NC(=O)NC21. The monoisotopic (exact) mass is 587 g/mol. The van der Waals surface area contributed by atoms with Gasteiger partial charge in [0.15, 0.2) is 23.2 Å². The summed E-state index contributed by atoms with van der Waals surface area (Å²) in [6.07, 6.45) is 9.96. The summed E-state index contributed by atoms with van der Waals surface area (Å²) in [5.41, 5.74) is 1.14. The molecule has 41 heavy (non-hydrogen) atoms. The zero-order valence-corrected chi connectivity index (χ0v) is 24.1. The van der Waals surface area contributed by atoms with Crippen LogP contribution in [0.5, 0.6) is 0 Å². The number of unbranched alkanes of at least 4 members (excludes halogenated alkanes) is 3. The highest BCUT2D eigenvalue weighted by Gasteiger charge is 2.46. The number of hydrogen-bond acceptors (Lipinski definition) is 10. The summed E-state index contributed by atoms with van der Waals surface area (Å²) in [5, 5.41) is 30.9. The topological polar surface area (TPSA) is 164 Å². The standard InChI is InChI=1S/C28H41N7O5S/c36-17(7-3-4-8-20-21-18(13-41-20)33-28(39)34-21)6-2-1-5-11-29-25-22-26(31-14-30-25)35(15-32-22)27-24(38)23(37)19(40-27)12-16-9-10-16/h14-16,18-21,23-24,27,37-38H,1-13H2,(H,29,30,31)(H2,33,34,39)/t18?,19-,20?,21?,23?,24+,27-/m1/s1. The van der Waals surface area contributed by atoms with Crippen LogP contribution in [-0.4, -0.2) is 89.5 Å². The predicted molar refractivity (Wildman–Crippen MR) is 155 cm³/mol. The number of hydrogen-bond donors (Lipinski definition) is 5. The molecule has 2 aromatic rings. The largest absolute Gasteiger partial charge is 0.388 e. The Kier molecular flexibility index (Phi) is 8.94. The van der Waals surface area contributed by atoms with Crippen molar-refractivity contribution in [2.75, 3.05) is 17.6 Å². The Morgan fingerprint density at radius 2 is 1.90 bits per heavy atom. The molecule has 6 rings (SSSR count). The van der Waals surface area contributed by atoms with E-state index < -0.39 is 18.4 Å². The molecule has 0 spiro atoms. The van der Waals surface area contributed by atoms with Gasteiger partial charge in [-0.3, -0.25) is 9.36 Å². The second kappa shape index (κ2) is 12.8. The van der Waals surface area contributed by atoms with E-state index in [1.165, 1.54) is 6.33 Å². The molecule has 12 nitrogen and oxygen atoms in total. The van der Waals surface area contributed by atoms with Crippen molar-refractivity contribution in [2.45, 2.75) is 113 Å². The zero-order valence-electron chi connectivity index (χ0n) is 23.3. The first-order chi connectivity index (χ1) is 20.0. The molecule has 4 fully saturated rings. The fourth-order valence-electron chi connectivity index (χ4n) is 6.27. The lowest BCUT2D eigenvalue weighted by molar-refractivity contribution is -0.119. The van der Waals surface area contributed by atoms with Gasteiger partial charge in [0.05, 0.1) is 24.5 Å². The fourth-order valence-corrected chi connectivity index (χ4v) is 7.81. The first-order valence-electron chi connectivity index (χ1n) is 15.1. The Labute approximate surface area is 243 Å². The van der Waals surface area contributed by atoms with Crippen LogP contribution in [0.2, 0.25) is 0 Å². The molecular formula is C28H41N7O5S. The molecule has 2 amide bonds. The predicted octanol–water partition coefficient (Wildman–Crippen LogP) is 2.51. The first-order valence-corrected chi connectivity index (χ1v) is 16.2. The molecule has 5 N–H and O–H groups in total. The molecular weight excluding hydrogens is 546 g/mol. The number of imidazole rings is 1. The maximum atomic E-state index is 12.3. The number of nitrogens with one attached hydrogen (secondary N) is 3. The number of aromatic nitrogens is 4. The van der Waals surface area contributed by atoms with Crippen LogP contribution in [0.3, 0.4) is 0 Å². The Bertz CT molecular complexity index is 1230.